The van der Waals surface area contributed by atoms with Crippen LogP contribution in [-0.2, 0) is 16.1 Å². The van der Waals surface area contributed by atoms with Crippen molar-refractivity contribution in [3.63, 3.8) is 0 Å². The fraction of sp³-hybridized carbons (Fsp3) is 0.733. The van der Waals surface area contributed by atoms with Crippen LogP contribution in [0.5, 0.6) is 0 Å². The molecule has 0 amide bonds. The second-order valence-electron chi connectivity index (χ2n) is 6.10. The first kappa shape index (κ1) is 13.6. The van der Waals surface area contributed by atoms with Crippen molar-refractivity contribution in [2.75, 3.05) is 6.61 Å². The first-order valence-corrected chi connectivity index (χ1v) is 7.58. The smallest absolute Gasteiger partial charge is 0.328 e. The summed E-state index contributed by atoms with van der Waals surface area (Å²) in [6, 6.07) is 0.469. The number of carbonyl (C=O) groups excluding carboxylic acids is 1. The zero-order valence-electron chi connectivity index (χ0n) is 12.3. The molecule has 3 rings (SSSR count). The van der Waals surface area contributed by atoms with E-state index in [0.717, 1.165) is 31.2 Å². The largest absolute Gasteiger partial charge is 0.465 e. The summed E-state index contributed by atoms with van der Waals surface area (Å²) in [5.41, 5.74) is 0.528. The van der Waals surface area contributed by atoms with Crippen molar-refractivity contribution in [2.24, 2.45) is 5.92 Å². The van der Waals surface area contributed by atoms with Crippen molar-refractivity contribution in [3.8, 4) is 0 Å². The summed E-state index contributed by atoms with van der Waals surface area (Å²) in [7, 11) is 0. The van der Waals surface area contributed by atoms with E-state index in [2.05, 4.69) is 10.4 Å². The Labute approximate surface area is 119 Å². The monoisotopic (exact) mass is 277 g/mol. The molecule has 1 atom stereocenters. The molecule has 2 fully saturated rings. The molecule has 110 valence electrons. The maximum Gasteiger partial charge on any atom is 0.328 e. The van der Waals surface area contributed by atoms with Crippen LogP contribution in [0.4, 0.5) is 0 Å². The highest BCUT2D eigenvalue weighted by atomic mass is 16.5. The van der Waals surface area contributed by atoms with Crippen molar-refractivity contribution in [1.29, 1.82) is 0 Å². The molecule has 0 aromatic carbocycles. The normalized spacial score (nSPS) is 21.5. The minimum absolute atomic E-state index is 0.109. The van der Waals surface area contributed by atoms with Crippen LogP contribution in [0.2, 0.25) is 0 Å². The lowest BCUT2D eigenvalue weighted by Crippen LogP contribution is -2.58. The average Bonchev–Trinajstić information content (AvgIpc) is 3.30. The van der Waals surface area contributed by atoms with Crippen LogP contribution in [-0.4, -0.2) is 33.9 Å². The minimum Gasteiger partial charge on any atom is -0.465 e. The molecule has 0 spiro atoms. The maximum absolute atomic E-state index is 12.6. The van der Waals surface area contributed by atoms with Gasteiger partial charge in [0.1, 0.15) is 5.54 Å². The number of nitrogens with one attached hydrogen (secondary N) is 1. The Balaban J connectivity index is 1.85. The van der Waals surface area contributed by atoms with E-state index in [1.165, 1.54) is 0 Å². The fourth-order valence-corrected chi connectivity index (χ4v) is 2.82. The van der Waals surface area contributed by atoms with Gasteiger partial charge in [0.05, 0.1) is 19.3 Å². The second-order valence-corrected chi connectivity index (χ2v) is 6.10. The zero-order valence-corrected chi connectivity index (χ0v) is 12.3. The standard InChI is InChI=1S/C15H23N3O2/c1-3-20-14(19)15(12-4-5-12,17-13-6-7-13)10-18-9-11(2)8-16-18/h8-9,12-13,17H,3-7,10H2,1-2H3. The molecule has 5 nitrogen and oxygen atoms in total. The highest BCUT2D eigenvalue weighted by Gasteiger charge is 2.54. The van der Waals surface area contributed by atoms with Gasteiger partial charge in [-0.1, -0.05) is 0 Å². The first-order valence-electron chi connectivity index (χ1n) is 7.58. The summed E-state index contributed by atoms with van der Waals surface area (Å²) in [4.78, 5) is 12.6. The molecule has 2 aliphatic carbocycles. The van der Waals surface area contributed by atoms with Gasteiger partial charge < -0.3 is 4.74 Å². The molecule has 1 N–H and O–H groups in total. The molecule has 1 unspecified atom stereocenters. The highest BCUT2D eigenvalue weighted by Crippen LogP contribution is 2.43. The van der Waals surface area contributed by atoms with Crippen LogP contribution in [0.3, 0.4) is 0 Å². The van der Waals surface area contributed by atoms with Gasteiger partial charge in [0.25, 0.3) is 0 Å². The van der Waals surface area contributed by atoms with Crippen molar-refractivity contribution in [1.82, 2.24) is 15.1 Å². The van der Waals surface area contributed by atoms with Gasteiger partial charge in [-0.15, -0.1) is 0 Å². The van der Waals surface area contributed by atoms with Gasteiger partial charge in [0.15, 0.2) is 0 Å². The number of esters is 1. The predicted octanol–water partition coefficient (Wildman–Crippen LogP) is 1.66. The lowest BCUT2D eigenvalue weighted by atomic mass is 9.92. The Morgan fingerprint density at radius 2 is 2.25 bits per heavy atom. The summed E-state index contributed by atoms with van der Waals surface area (Å²) < 4.78 is 7.25. The summed E-state index contributed by atoms with van der Waals surface area (Å²) in [5, 5.41) is 7.92. The lowest BCUT2D eigenvalue weighted by Gasteiger charge is -2.33. The van der Waals surface area contributed by atoms with E-state index in [-0.39, 0.29) is 5.97 Å². The van der Waals surface area contributed by atoms with E-state index >= 15 is 0 Å². The first-order chi connectivity index (χ1) is 9.64. The van der Waals surface area contributed by atoms with Crippen LogP contribution in [0.25, 0.3) is 0 Å². The number of rotatable bonds is 7. The fourth-order valence-electron chi connectivity index (χ4n) is 2.82. The minimum atomic E-state index is -0.588. The molecule has 0 bridgehead atoms. The van der Waals surface area contributed by atoms with E-state index in [0.29, 0.717) is 25.1 Å². The van der Waals surface area contributed by atoms with Gasteiger partial charge in [-0.25, -0.2) is 4.79 Å². The van der Waals surface area contributed by atoms with Gasteiger partial charge in [-0.3, -0.25) is 10.00 Å². The van der Waals surface area contributed by atoms with E-state index < -0.39 is 5.54 Å². The molecule has 0 radical (unpaired) electrons. The van der Waals surface area contributed by atoms with Gasteiger partial charge in [0.2, 0.25) is 0 Å². The van der Waals surface area contributed by atoms with Crippen molar-refractivity contribution in [2.45, 2.75) is 57.7 Å². The van der Waals surface area contributed by atoms with Crippen LogP contribution < -0.4 is 5.32 Å². The molecular formula is C15H23N3O2. The summed E-state index contributed by atoms with van der Waals surface area (Å²) >= 11 is 0. The molecule has 1 aromatic rings. The second kappa shape index (κ2) is 5.20. The van der Waals surface area contributed by atoms with Gasteiger partial charge in [-0.2, -0.15) is 5.10 Å². The van der Waals surface area contributed by atoms with Crippen LogP contribution in [0, 0.1) is 12.8 Å². The number of aryl methyl sites for hydroxylation is 1. The maximum atomic E-state index is 12.6. The Morgan fingerprint density at radius 3 is 2.75 bits per heavy atom. The molecular weight excluding hydrogens is 254 g/mol. The Hall–Kier alpha value is -1.36. The summed E-state index contributed by atoms with van der Waals surface area (Å²) in [5.74, 6) is 0.272. The lowest BCUT2D eigenvalue weighted by molar-refractivity contribution is -0.153. The van der Waals surface area contributed by atoms with E-state index in [1.807, 2.05) is 30.9 Å². The van der Waals surface area contributed by atoms with E-state index in [1.54, 1.807) is 0 Å². The molecule has 2 aliphatic rings. The van der Waals surface area contributed by atoms with Crippen molar-refractivity contribution >= 4 is 5.97 Å². The third kappa shape index (κ3) is 2.73. The highest BCUT2D eigenvalue weighted by molar-refractivity contribution is 5.82. The number of nitrogens with zero attached hydrogens (tertiary/aromatic N) is 2. The SMILES string of the molecule is CCOC(=O)C(Cn1cc(C)cn1)(NC1CC1)C1CC1. The molecule has 20 heavy (non-hydrogen) atoms. The van der Waals surface area contributed by atoms with Crippen LogP contribution in [0.15, 0.2) is 12.4 Å². The average molecular weight is 277 g/mol. The number of carbonyl (C=O) groups is 1. The van der Waals surface area contributed by atoms with Crippen molar-refractivity contribution < 1.29 is 9.53 Å². The summed E-state index contributed by atoms with van der Waals surface area (Å²) in [6.45, 7) is 4.88. The van der Waals surface area contributed by atoms with E-state index in [9.17, 15) is 4.79 Å². The molecule has 5 heteroatoms. The molecule has 2 saturated carbocycles. The Bertz CT molecular complexity index is 491. The third-order valence-corrected chi connectivity index (χ3v) is 4.13. The molecule has 0 aliphatic heterocycles. The van der Waals surface area contributed by atoms with Crippen molar-refractivity contribution in [3.05, 3.63) is 18.0 Å². The summed E-state index contributed by atoms with van der Waals surface area (Å²) in [6.07, 6.45) is 8.33. The number of hydrogen-bond donors (Lipinski definition) is 1. The van der Waals surface area contributed by atoms with Crippen LogP contribution >= 0.6 is 0 Å². The van der Waals surface area contributed by atoms with Crippen LogP contribution in [0.1, 0.15) is 38.2 Å². The van der Waals surface area contributed by atoms with Gasteiger partial charge in [-0.05, 0) is 51.0 Å². The van der Waals surface area contributed by atoms with Gasteiger partial charge >= 0.3 is 5.97 Å². The van der Waals surface area contributed by atoms with E-state index in [4.69, 9.17) is 4.74 Å². The number of aromatic nitrogens is 2. The number of hydrogen-bond acceptors (Lipinski definition) is 4. The Kier molecular flexibility index (Phi) is 3.54. The Morgan fingerprint density at radius 1 is 1.50 bits per heavy atom. The topological polar surface area (TPSA) is 56.2 Å². The predicted molar refractivity (Wildman–Crippen MR) is 75.2 cm³/mol. The zero-order chi connectivity index (χ0) is 14.2. The molecule has 0 saturated heterocycles. The van der Waals surface area contributed by atoms with Gasteiger partial charge in [0, 0.05) is 12.2 Å². The molecule has 1 heterocycles. The quantitative estimate of drug-likeness (QED) is 0.770. The molecule has 1 aromatic heterocycles. The number of ether oxygens (including phenoxy) is 1. The third-order valence-electron chi connectivity index (χ3n) is 4.13.